The highest BCUT2D eigenvalue weighted by Crippen LogP contribution is 2.20. The summed E-state index contributed by atoms with van der Waals surface area (Å²) in [5.74, 6) is 0.788. The van der Waals surface area contributed by atoms with Crippen LogP contribution in [0, 0.1) is 13.8 Å². The molecule has 2 aromatic rings. The number of oxazole rings is 1. The number of amides is 1. The van der Waals surface area contributed by atoms with Crippen molar-refractivity contribution < 1.29 is 9.21 Å². The van der Waals surface area contributed by atoms with Gasteiger partial charge in [-0.05, 0) is 38.0 Å². The van der Waals surface area contributed by atoms with Crippen molar-refractivity contribution in [3.63, 3.8) is 0 Å². The zero-order chi connectivity index (χ0) is 15.2. The third kappa shape index (κ3) is 4.82. The Kier molecular flexibility index (Phi) is 5.27. The zero-order valence-electron chi connectivity index (χ0n) is 12.2. The molecule has 0 aliphatic heterocycles. The van der Waals surface area contributed by atoms with Crippen LogP contribution in [0.25, 0.3) is 0 Å². The Morgan fingerprint density at radius 2 is 2.24 bits per heavy atom. The number of carbonyl (C=O) groups excluding carboxylic acids is 1. The van der Waals surface area contributed by atoms with Crippen LogP contribution in [0.1, 0.15) is 24.1 Å². The minimum absolute atomic E-state index is 0.00659. The molecule has 0 unspecified atom stereocenters. The molecule has 2 rings (SSSR count). The molecule has 0 spiro atoms. The van der Waals surface area contributed by atoms with E-state index in [2.05, 4.69) is 10.3 Å². The summed E-state index contributed by atoms with van der Waals surface area (Å²) in [4.78, 5) is 16.1. The Morgan fingerprint density at radius 1 is 1.43 bits per heavy atom. The van der Waals surface area contributed by atoms with Crippen LogP contribution >= 0.6 is 11.8 Å². The number of hydrogen-bond donors (Lipinski definition) is 2. The molecule has 112 valence electrons. The van der Waals surface area contributed by atoms with E-state index < -0.39 is 0 Å². The fraction of sp³-hybridized carbons (Fsp3) is 0.333. The lowest BCUT2D eigenvalue weighted by Gasteiger charge is -2.09. The number of aromatic nitrogens is 1. The SMILES string of the molecule is Cc1coc(SCCCC(=O)Nc2cc(N)ccc2C)n1. The summed E-state index contributed by atoms with van der Waals surface area (Å²) in [5, 5.41) is 3.54. The number of nitrogens with one attached hydrogen (secondary N) is 1. The van der Waals surface area contributed by atoms with E-state index in [4.69, 9.17) is 10.2 Å². The number of nitrogens with two attached hydrogens (primary N) is 1. The molecule has 0 aliphatic carbocycles. The number of nitrogens with zero attached hydrogens (tertiary/aromatic N) is 1. The predicted octanol–water partition coefficient (Wildman–Crippen LogP) is 3.38. The van der Waals surface area contributed by atoms with Crippen LogP contribution in [0.5, 0.6) is 0 Å². The minimum Gasteiger partial charge on any atom is -0.440 e. The molecule has 0 bridgehead atoms. The predicted molar refractivity (Wildman–Crippen MR) is 85.4 cm³/mol. The van der Waals surface area contributed by atoms with Crippen LogP contribution in [0.3, 0.4) is 0 Å². The van der Waals surface area contributed by atoms with Gasteiger partial charge in [0.15, 0.2) is 0 Å². The third-order valence-corrected chi connectivity index (χ3v) is 3.83. The first-order valence-electron chi connectivity index (χ1n) is 6.75. The summed E-state index contributed by atoms with van der Waals surface area (Å²) in [7, 11) is 0. The lowest BCUT2D eigenvalue weighted by molar-refractivity contribution is -0.116. The van der Waals surface area contributed by atoms with E-state index in [1.807, 2.05) is 26.0 Å². The Balaban J connectivity index is 1.73. The number of anilines is 2. The number of thioether (sulfide) groups is 1. The summed E-state index contributed by atoms with van der Waals surface area (Å²) < 4.78 is 5.23. The van der Waals surface area contributed by atoms with Gasteiger partial charge in [-0.25, -0.2) is 4.98 Å². The Hall–Kier alpha value is -1.95. The van der Waals surface area contributed by atoms with Crippen molar-refractivity contribution in [1.29, 1.82) is 0 Å². The highest BCUT2D eigenvalue weighted by atomic mass is 32.2. The topological polar surface area (TPSA) is 81.2 Å². The highest BCUT2D eigenvalue weighted by molar-refractivity contribution is 7.99. The standard InChI is InChI=1S/C15H19N3O2S/c1-10-5-6-12(16)8-13(10)18-14(19)4-3-7-21-15-17-11(2)9-20-15/h5-6,8-9H,3-4,7,16H2,1-2H3,(H,18,19). The van der Waals surface area contributed by atoms with Gasteiger partial charge < -0.3 is 15.5 Å². The molecule has 0 atom stereocenters. The summed E-state index contributed by atoms with van der Waals surface area (Å²) in [6.07, 6.45) is 2.85. The number of nitrogen functional groups attached to an aromatic ring is 1. The monoisotopic (exact) mass is 305 g/mol. The summed E-state index contributed by atoms with van der Waals surface area (Å²) in [6, 6.07) is 5.49. The van der Waals surface area contributed by atoms with Gasteiger partial charge in [0.05, 0.1) is 5.69 Å². The quantitative estimate of drug-likeness (QED) is 0.486. The first-order chi connectivity index (χ1) is 10.0. The van der Waals surface area contributed by atoms with Crippen LogP contribution < -0.4 is 11.1 Å². The summed E-state index contributed by atoms with van der Waals surface area (Å²) in [5.41, 5.74) is 9.01. The minimum atomic E-state index is -0.00659. The fourth-order valence-corrected chi connectivity index (χ4v) is 2.57. The third-order valence-electron chi connectivity index (χ3n) is 2.91. The molecule has 21 heavy (non-hydrogen) atoms. The van der Waals surface area contributed by atoms with Crippen molar-refractivity contribution in [3.8, 4) is 0 Å². The maximum absolute atomic E-state index is 11.9. The van der Waals surface area contributed by atoms with E-state index in [-0.39, 0.29) is 5.91 Å². The van der Waals surface area contributed by atoms with Crippen molar-refractivity contribution in [2.45, 2.75) is 31.9 Å². The second kappa shape index (κ2) is 7.17. The van der Waals surface area contributed by atoms with Crippen LogP contribution in [0.2, 0.25) is 0 Å². The summed E-state index contributed by atoms with van der Waals surface area (Å²) >= 11 is 1.52. The number of benzene rings is 1. The first-order valence-corrected chi connectivity index (χ1v) is 7.74. The largest absolute Gasteiger partial charge is 0.440 e. The maximum Gasteiger partial charge on any atom is 0.255 e. The average Bonchev–Trinajstić information content (AvgIpc) is 2.85. The van der Waals surface area contributed by atoms with Gasteiger partial charge in [0.1, 0.15) is 6.26 Å². The molecule has 0 fully saturated rings. The molecule has 3 N–H and O–H groups in total. The van der Waals surface area contributed by atoms with Crippen molar-refractivity contribution in [2.75, 3.05) is 16.8 Å². The normalized spacial score (nSPS) is 10.6. The zero-order valence-corrected chi connectivity index (χ0v) is 13.0. The van der Waals surface area contributed by atoms with E-state index in [1.54, 1.807) is 12.3 Å². The molecule has 0 radical (unpaired) electrons. The second-order valence-electron chi connectivity index (χ2n) is 4.83. The van der Waals surface area contributed by atoms with Crippen molar-refractivity contribution in [3.05, 3.63) is 35.7 Å². The van der Waals surface area contributed by atoms with Gasteiger partial charge >= 0.3 is 0 Å². The van der Waals surface area contributed by atoms with E-state index >= 15 is 0 Å². The van der Waals surface area contributed by atoms with Crippen LogP contribution in [-0.4, -0.2) is 16.6 Å². The van der Waals surface area contributed by atoms with Crippen molar-refractivity contribution in [2.24, 2.45) is 0 Å². The van der Waals surface area contributed by atoms with Gasteiger partial charge in [-0.3, -0.25) is 4.79 Å². The van der Waals surface area contributed by atoms with Gasteiger partial charge in [0, 0.05) is 23.5 Å². The van der Waals surface area contributed by atoms with E-state index in [0.717, 1.165) is 29.1 Å². The Labute approximate surface area is 128 Å². The van der Waals surface area contributed by atoms with Crippen LogP contribution in [-0.2, 0) is 4.79 Å². The highest BCUT2D eigenvalue weighted by Gasteiger charge is 2.06. The van der Waals surface area contributed by atoms with E-state index in [9.17, 15) is 4.79 Å². The van der Waals surface area contributed by atoms with Gasteiger partial charge in [-0.15, -0.1) is 0 Å². The second-order valence-corrected chi connectivity index (χ2v) is 5.88. The summed E-state index contributed by atoms with van der Waals surface area (Å²) in [6.45, 7) is 3.82. The van der Waals surface area contributed by atoms with Crippen molar-refractivity contribution in [1.82, 2.24) is 4.98 Å². The lowest BCUT2D eigenvalue weighted by atomic mass is 10.1. The number of hydrogen-bond acceptors (Lipinski definition) is 5. The molecule has 0 saturated carbocycles. The molecular weight excluding hydrogens is 286 g/mol. The molecule has 0 saturated heterocycles. The van der Waals surface area contributed by atoms with Gasteiger partial charge in [0.25, 0.3) is 5.22 Å². The lowest BCUT2D eigenvalue weighted by Crippen LogP contribution is -2.12. The maximum atomic E-state index is 11.9. The smallest absolute Gasteiger partial charge is 0.255 e. The molecule has 6 heteroatoms. The van der Waals surface area contributed by atoms with Crippen LogP contribution in [0.4, 0.5) is 11.4 Å². The number of aryl methyl sites for hydroxylation is 2. The van der Waals surface area contributed by atoms with Gasteiger partial charge in [-0.2, -0.15) is 0 Å². The molecule has 0 aliphatic rings. The van der Waals surface area contributed by atoms with Crippen LogP contribution in [0.15, 0.2) is 34.1 Å². The molecule has 1 aromatic heterocycles. The fourth-order valence-electron chi connectivity index (χ4n) is 1.78. The first kappa shape index (κ1) is 15.4. The average molecular weight is 305 g/mol. The van der Waals surface area contributed by atoms with E-state index in [1.165, 1.54) is 11.8 Å². The molecular formula is C15H19N3O2S. The molecule has 1 amide bonds. The van der Waals surface area contributed by atoms with Gasteiger partial charge in [-0.1, -0.05) is 17.8 Å². The Bertz CT molecular complexity index is 625. The van der Waals surface area contributed by atoms with E-state index in [0.29, 0.717) is 17.3 Å². The number of carbonyl (C=O) groups is 1. The molecule has 5 nitrogen and oxygen atoms in total. The van der Waals surface area contributed by atoms with Crippen molar-refractivity contribution >= 4 is 29.0 Å². The molecule has 1 aromatic carbocycles. The number of rotatable bonds is 6. The van der Waals surface area contributed by atoms with Gasteiger partial charge in [0.2, 0.25) is 5.91 Å². The molecule has 1 heterocycles. The Morgan fingerprint density at radius 3 is 2.95 bits per heavy atom.